The predicted molar refractivity (Wildman–Crippen MR) is 98.9 cm³/mol. The number of likely N-dealkylation sites (tertiary alicyclic amines) is 1. The molecule has 0 radical (unpaired) electrons. The summed E-state index contributed by atoms with van der Waals surface area (Å²) in [6.07, 6.45) is 5.96. The molecule has 1 aliphatic rings. The molecule has 0 saturated carbocycles. The van der Waals surface area contributed by atoms with Gasteiger partial charge in [0.25, 0.3) is 0 Å². The molecule has 1 aromatic heterocycles. The highest BCUT2D eigenvalue weighted by atomic mass is 19.1. The van der Waals surface area contributed by atoms with E-state index in [1.165, 1.54) is 12.1 Å². The van der Waals surface area contributed by atoms with Gasteiger partial charge < -0.3 is 9.88 Å². The summed E-state index contributed by atoms with van der Waals surface area (Å²) in [5, 5.41) is 3.17. The molecule has 2 aromatic rings. The van der Waals surface area contributed by atoms with Crippen LogP contribution in [0.2, 0.25) is 0 Å². The molecule has 0 spiro atoms. The fraction of sp³-hybridized carbons (Fsp3) is 0.500. The number of aryl methyl sites for hydroxylation is 1. The molecule has 5 nitrogen and oxygen atoms in total. The van der Waals surface area contributed by atoms with Crippen molar-refractivity contribution in [1.29, 1.82) is 0 Å². The van der Waals surface area contributed by atoms with Gasteiger partial charge in [0.2, 0.25) is 5.91 Å². The molecule has 1 aromatic carbocycles. The van der Waals surface area contributed by atoms with E-state index in [1.54, 1.807) is 12.1 Å². The van der Waals surface area contributed by atoms with Crippen LogP contribution in [0.1, 0.15) is 31.2 Å². The van der Waals surface area contributed by atoms with Crippen LogP contribution in [0.5, 0.6) is 0 Å². The highest BCUT2D eigenvalue weighted by Crippen LogP contribution is 2.22. The molecule has 1 aliphatic heterocycles. The lowest BCUT2D eigenvalue weighted by Crippen LogP contribution is -2.51. The summed E-state index contributed by atoms with van der Waals surface area (Å²) in [6, 6.07) is 6.43. The molecule has 140 valence electrons. The van der Waals surface area contributed by atoms with Gasteiger partial charge in [-0.15, -0.1) is 0 Å². The number of imidazole rings is 1. The number of carbonyl (C=O) groups excluding carboxylic acids is 1. The van der Waals surface area contributed by atoms with Gasteiger partial charge in [0.1, 0.15) is 11.6 Å². The highest BCUT2D eigenvalue weighted by molar-refractivity contribution is 5.78. The monoisotopic (exact) mass is 358 g/mol. The standard InChI is InChI=1S/C20H27FN4O/c1-3-16-13-25(14-19-22-8-10-24(19)2)9-7-18(16)23-20(26)12-15-5-4-6-17(21)11-15/h4-6,8,10-11,16,18H,3,7,9,12-14H2,1-2H3,(H,23,26)/t16-,18+/m1/s1. The van der Waals surface area contributed by atoms with Crippen molar-refractivity contribution in [2.45, 2.75) is 38.8 Å². The number of hydrogen-bond donors (Lipinski definition) is 1. The second-order valence-corrected chi connectivity index (χ2v) is 7.13. The third-order valence-corrected chi connectivity index (χ3v) is 5.23. The minimum Gasteiger partial charge on any atom is -0.353 e. The molecule has 0 bridgehead atoms. The van der Waals surface area contributed by atoms with E-state index < -0.39 is 0 Å². The summed E-state index contributed by atoms with van der Waals surface area (Å²) >= 11 is 0. The number of aromatic nitrogens is 2. The summed E-state index contributed by atoms with van der Waals surface area (Å²) in [5.41, 5.74) is 0.711. The van der Waals surface area contributed by atoms with Crippen molar-refractivity contribution in [3.05, 3.63) is 53.9 Å². The van der Waals surface area contributed by atoms with Crippen LogP contribution in [0.25, 0.3) is 0 Å². The summed E-state index contributed by atoms with van der Waals surface area (Å²) < 4.78 is 15.3. The first-order valence-corrected chi connectivity index (χ1v) is 9.27. The maximum absolute atomic E-state index is 13.3. The van der Waals surface area contributed by atoms with Crippen LogP contribution < -0.4 is 5.32 Å². The molecule has 6 heteroatoms. The summed E-state index contributed by atoms with van der Waals surface area (Å²) in [7, 11) is 2.01. The lowest BCUT2D eigenvalue weighted by atomic mass is 9.89. The fourth-order valence-electron chi connectivity index (χ4n) is 3.69. The molecule has 1 saturated heterocycles. The zero-order valence-corrected chi connectivity index (χ0v) is 15.5. The minimum absolute atomic E-state index is 0.0309. The molecule has 2 atom stereocenters. The molecule has 26 heavy (non-hydrogen) atoms. The molecule has 0 aliphatic carbocycles. The summed E-state index contributed by atoms with van der Waals surface area (Å²) in [6.45, 7) is 4.90. The topological polar surface area (TPSA) is 50.2 Å². The fourth-order valence-corrected chi connectivity index (χ4v) is 3.69. The van der Waals surface area contributed by atoms with Gasteiger partial charge in [0.05, 0.1) is 13.0 Å². The van der Waals surface area contributed by atoms with Crippen molar-refractivity contribution < 1.29 is 9.18 Å². The van der Waals surface area contributed by atoms with Crippen LogP contribution in [0.4, 0.5) is 4.39 Å². The van der Waals surface area contributed by atoms with E-state index in [0.717, 1.165) is 38.3 Å². The van der Waals surface area contributed by atoms with Crippen molar-refractivity contribution in [2.24, 2.45) is 13.0 Å². The number of hydrogen-bond acceptors (Lipinski definition) is 3. The molecule has 2 heterocycles. The maximum atomic E-state index is 13.3. The minimum atomic E-state index is -0.302. The maximum Gasteiger partial charge on any atom is 0.224 e. The van der Waals surface area contributed by atoms with Crippen LogP contribution in [0, 0.1) is 11.7 Å². The van der Waals surface area contributed by atoms with E-state index in [-0.39, 0.29) is 24.2 Å². The molecular weight excluding hydrogens is 331 g/mol. The number of piperidine rings is 1. The Kier molecular flexibility index (Phi) is 6.04. The first kappa shape index (κ1) is 18.6. The van der Waals surface area contributed by atoms with Crippen molar-refractivity contribution in [1.82, 2.24) is 19.8 Å². The second kappa shape index (κ2) is 8.45. The van der Waals surface area contributed by atoms with Gasteiger partial charge in [-0.25, -0.2) is 9.37 Å². The number of rotatable bonds is 6. The Morgan fingerprint density at radius 3 is 2.96 bits per heavy atom. The van der Waals surface area contributed by atoms with Crippen LogP contribution in [-0.2, 0) is 24.8 Å². The van der Waals surface area contributed by atoms with Crippen LogP contribution >= 0.6 is 0 Å². The van der Waals surface area contributed by atoms with Crippen molar-refractivity contribution >= 4 is 5.91 Å². The second-order valence-electron chi connectivity index (χ2n) is 7.13. The summed E-state index contributed by atoms with van der Waals surface area (Å²) in [4.78, 5) is 19.2. The Morgan fingerprint density at radius 1 is 1.42 bits per heavy atom. The number of nitrogens with one attached hydrogen (secondary N) is 1. The third kappa shape index (κ3) is 4.69. The molecule has 1 amide bonds. The zero-order chi connectivity index (χ0) is 18.5. The Bertz CT molecular complexity index is 745. The van der Waals surface area contributed by atoms with Gasteiger partial charge in [-0.05, 0) is 30.0 Å². The lowest BCUT2D eigenvalue weighted by molar-refractivity contribution is -0.122. The number of nitrogens with zero attached hydrogens (tertiary/aromatic N) is 3. The predicted octanol–water partition coefficient (Wildman–Crippen LogP) is 2.52. The van der Waals surface area contributed by atoms with Gasteiger partial charge in [0.15, 0.2) is 0 Å². The SMILES string of the molecule is CC[C@@H]1CN(Cc2nccn2C)CC[C@@H]1NC(=O)Cc1cccc(F)c1. The van der Waals surface area contributed by atoms with Gasteiger partial charge in [-0.2, -0.15) is 0 Å². The first-order chi connectivity index (χ1) is 12.5. The van der Waals surface area contributed by atoms with Gasteiger partial charge in [0, 0.05) is 38.6 Å². The summed E-state index contributed by atoms with van der Waals surface area (Å²) in [5.74, 6) is 1.15. The molecule has 0 unspecified atom stereocenters. The number of halogens is 1. The van der Waals surface area contributed by atoms with Gasteiger partial charge >= 0.3 is 0 Å². The molecular formula is C20H27FN4O. The van der Waals surface area contributed by atoms with E-state index in [4.69, 9.17) is 0 Å². The molecule has 1 fully saturated rings. The smallest absolute Gasteiger partial charge is 0.224 e. The quantitative estimate of drug-likeness (QED) is 0.863. The van der Waals surface area contributed by atoms with Gasteiger partial charge in [-0.3, -0.25) is 9.69 Å². The molecule has 1 N–H and O–H groups in total. The zero-order valence-electron chi connectivity index (χ0n) is 15.5. The van der Waals surface area contributed by atoms with Crippen LogP contribution in [-0.4, -0.2) is 39.5 Å². The average molecular weight is 358 g/mol. The van der Waals surface area contributed by atoms with Crippen LogP contribution in [0.3, 0.4) is 0 Å². The largest absolute Gasteiger partial charge is 0.353 e. The average Bonchev–Trinajstić information content (AvgIpc) is 3.01. The first-order valence-electron chi connectivity index (χ1n) is 9.27. The Labute approximate surface area is 154 Å². The van der Waals surface area contributed by atoms with Crippen LogP contribution in [0.15, 0.2) is 36.7 Å². The van der Waals surface area contributed by atoms with Crippen molar-refractivity contribution in [2.75, 3.05) is 13.1 Å². The Morgan fingerprint density at radius 2 is 2.27 bits per heavy atom. The van der Waals surface area contributed by atoms with E-state index in [0.29, 0.717) is 11.5 Å². The molecule has 3 rings (SSSR count). The van der Waals surface area contributed by atoms with Crippen molar-refractivity contribution in [3.8, 4) is 0 Å². The Hall–Kier alpha value is -2.21. The normalized spacial score (nSPS) is 20.9. The lowest BCUT2D eigenvalue weighted by Gasteiger charge is -2.38. The van der Waals surface area contributed by atoms with E-state index in [1.807, 2.05) is 24.0 Å². The van der Waals surface area contributed by atoms with Crippen molar-refractivity contribution in [3.63, 3.8) is 0 Å². The number of amides is 1. The Balaban J connectivity index is 1.54. The highest BCUT2D eigenvalue weighted by Gasteiger charge is 2.29. The third-order valence-electron chi connectivity index (χ3n) is 5.23. The number of carbonyl (C=O) groups is 1. The van der Waals surface area contributed by atoms with E-state index in [9.17, 15) is 9.18 Å². The van der Waals surface area contributed by atoms with E-state index in [2.05, 4.69) is 22.1 Å². The van der Waals surface area contributed by atoms with E-state index >= 15 is 0 Å². The van der Waals surface area contributed by atoms with Gasteiger partial charge in [-0.1, -0.05) is 25.5 Å². The number of benzene rings is 1.